The van der Waals surface area contributed by atoms with E-state index in [1.54, 1.807) is 13.0 Å². The summed E-state index contributed by atoms with van der Waals surface area (Å²) in [5, 5.41) is 5.09. The monoisotopic (exact) mass is 532 g/mol. The molecular formula is C22H24ClF3N4O4S. The molecule has 3 amide bonds. The van der Waals surface area contributed by atoms with Gasteiger partial charge in [0.05, 0.1) is 28.1 Å². The third-order valence-electron chi connectivity index (χ3n) is 5.27. The highest BCUT2D eigenvalue weighted by atomic mass is 35.5. The maximum atomic E-state index is 14.7. The van der Waals surface area contributed by atoms with E-state index in [2.05, 4.69) is 10.6 Å². The van der Waals surface area contributed by atoms with Crippen molar-refractivity contribution in [2.45, 2.75) is 19.4 Å². The topological polar surface area (TPSA) is 91.0 Å². The van der Waals surface area contributed by atoms with Gasteiger partial charge in [0.2, 0.25) is 5.91 Å². The Hall–Kier alpha value is -2.67. The number of halogens is 4. The lowest BCUT2D eigenvalue weighted by atomic mass is 10.2. The van der Waals surface area contributed by atoms with Crippen LogP contribution in [0.5, 0.6) is 0 Å². The number of rotatable bonds is 10. The van der Waals surface area contributed by atoms with Crippen LogP contribution in [0.1, 0.15) is 16.6 Å². The van der Waals surface area contributed by atoms with E-state index in [1.807, 2.05) is 0 Å². The Labute approximate surface area is 209 Å². The highest BCUT2D eigenvalue weighted by Gasteiger charge is 2.29. The SMILES string of the molecule is CCN(CC(F)F)[C@H](CNC(=O)c1ccc(Cl)s1)C(=O)Nc1ccc(N2CCOCC2=O)c(F)c1. The number of benzene rings is 1. The second kappa shape index (κ2) is 12.3. The number of carbonyl (C=O) groups excluding carboxylic acids is 3. The number of nitrogens with one attached hydrogen (secondary N) is 2. The summed E-state index contributed by atoms with van der Waals surface area (Å²) >= 11 is 6.88. The lowest BCUT2D eigenvalue weighted by molar-refractivity contribution is -0.125. The average Bonchev–Trinajstić information content (AvgIpc) is 3.25. The van der Waals surface area contributed by atoms with Crippen molar-refractivity contribution in [2.75, 3.05) is 49.6 Å². The molecule has 2 heterocycles. The Morgan fingerprint density at radius 3 is 2.66 bits per heavy atom. The molecular weight excluding hydrogens is 509 g/mol. The molecule has 1 aromatic carbocycles. The standard InChI is InChI=1S/C22H24ClF3N4O4S/c1-2-29(11-19(25)26)16(10-27-22(33)17-5-6-18(23)35-17)21(32)28-13-3-4-15(14(24)9-13)30-7-8-34-12-20(30)31/h3-6,9,16,19H,2,7-8,10-12H2,1H3,(H,27,33)(H,28,32)/t16-/m1/s1. The zero-order valence-corrected chi connectivity index (χ0v) is 20.3. The van der Waals surface area contributed by atoms with Gasteiger partial charge in [0.25, 0.3) is 18.2 Å². The van der Waals surface area contributed by atoms with Crippen molar-refractivity contribution in [3.63, 3.8) is 0 Å². The molecule has 1 saturated heterocycles. The molecule has 1 aliphatic heterocycles. The van der Waals surface area contributed by atoms with Crippen molar-refractivity contribution in [3.05, 3.63) is 45.4 Å². The van der Waals surface area contributed by atoms with Gasteiger partial charge >= 0.3 is 0 Å². The summed E-state index contributed by atoms with van der Waals surface area (Å²) < 4.78 is 46.4. The van der Waals surface area contributed by atoms with Crippen LogP contribution in [0.3, 0.4) is 0 Å². The molecule has 8 nitrogen and oxygen atoms in total. The van der Waals surface area contributed by atoms with Crippen molar-refractivity contribution in [3.8, 4) is 0 Å². The summed E-state index contributed by atoms with van der Waals surface area (Å²) in [6.07, 6.45) is -2.71. The highest BCUT2D eigenvalue weighted by molar-refractivity contribution is 7.18. The van der Waals surface area contributed by atoms with Crippen LogP contribution in [0.15, 0.2) is 30.3 Å². The van der Waals surface area contributed by atoms with Gasteiger partial charge in [-0.2, -0.15) is 0 Å². The molecule has 190 valence electrons. The Morgan fingerprint density at radius 2 is 2.06 bits per heavy atom. The van der Waals surface area contributed by atoms with E-state index >= 15 is 0 Å². The molecule has 1 fully saturated rings. The summed E-state index contributed by atoms with van der Waals surface area (Å²) in [6, 6.07) is 5.70. The number of hydrogen-bond acceptors (Lipinski definition) is 6. The van der Waals surface area contributed by atoms with Crippen LogP contribution >= 0.6 is 22.9 Å². The van der Waals surface area contributed by atoms with E-state index in [0.29, 0.717) is 9.21 Å². The maximum Gasteiger partial charge on any atom is 0.261 e. The summed E-state index contributed by atoms with van der Waals surface area (Å²) in [5.41, 5.74) is 0.119. The van der Waals surface area contributed by atoms with Crippen molar-refractivity contribution >= 4 is 52.0 Å². The largest absolute Gasteiger partial charge is 0.370 e. The van der Waals surface area contributed by atoms with Gasteiger partial charge in [-0.15, -0.1) is 11.3 Å². The van der Waals surface area contributed by atoms with Crippen LogP contribution < -0.4 is 15.5 Å². The summed E-state index contributed by atoms with van der Waals surface area (Å²) in [6.45, 7) is 1.07. The normalized spacial score (nSPS) is 14.9. The van der Waals surface area contributed by atoms with Gasteiger partial charge in [0, 0.05) is 18.8 Å². The Kier molecular flexibility index (Phi) is 9.49. The fraction of sp³-hybridized carbons (Fsp3) is 0.409. The van der Waals surface area contributed by atoms with Gasteiger partial charge in [0.1, 0.15) is 18.5 Å². The van der Waals surface area contributed by atoms with Gasteiger partial charge in [-0.05, 0) is 36.9 Å². The van der Waals surface area contributed by atoms with Crippen LogP contribution in [0.4, 0.5) is 24.5 Å². The van der Waals surface area contributed by atoms with E-state index in [1.165, 1.54) is 28.0 Å². The Morgan fingerprint density at radius 1 is 1.29 bits per heavy atom. The zero-order valence-electron chi connectivity index (χ0n) is 18.7. The molecule has 2 N–H and O–H groups in total. The number of alkyl halides is 2. The molecule has 0 aliphatic carbocycles. The van der Waals surface area contributed by atoms with Crippen LogP contribution in [0.25, 0.3) is 0 Å². The van der Waals surface area contributed by atoms with E-state index in [0.717, 1.165) is 17.4 Å². The molecule has 0 unspecified atom stereocenters. The summed E-state index contributed by atoms with van der Waals surface area (Å²) in [4.78, 5) is 40.2. The first kappa shape index (κ1) is 26.9. The number of ether oxygens (including phenoxy) is 1. The van der Waals surface area contributed by atoms with Crippen molar-refractivity contribution in [2.24, 2.45) is 0 Å². The molecule has 0 spiro atoms. The first-order valence-electron chi connectivity index (χ1n) is 10.7. The Balaban J connectivity index is 1.74. The maximum absolute atomic E-state index is 14.7. The lowest BCUT2D eigenvalue weighted by Crippen LogP contribution is -2.52. The summed E-state index contributed by atoms with van der Waals surface area (Å²) in [5.74, 6) is -2.33. The number of morpholine rings is 1. The third-order valence-corrected chi connectivity index (χ3v) is 6.50. The first-order chi connectivity index (χ1) is 16.7. The predicted molar refractivity (Wildman–Crippen MR) is 127 cm³/mol. The van der Waals surface area contributed by atoms with Crippen LogP contribution in [-0.2, 0) is 14.3 Å². The molecule has 1 atom stereocenters. The fourth-order valence-corrected chi connectivity index (χ4v) is 4.52. The molecule has 0 saturated carbocycles. The molecule has 35 heavy (non-hydrogen) atoms. The van der Waals surface area contributed by atoms with Gasteiger partial charge in [-0.1, -0.05) is 18.5 Å². The Bertz CT molecular complexity index is 1070. The minimum absolute atomic E-state index is 0.0441. The zero-order chi connectivity index (χ0) is 25.5. The number of likely N-dealkylation sites (N-methyl/N-ethyl adjacent to an activating group) is 1. The van der Waals surface area contributed by atoms with Gasteiger partial charge < -0.3 is 20.3 Å². The smallest absolute Gasteiger partial charge is 0.261 e. The quantitative estimate of drug-likeness (QED) is 0.490. The second-order valence-corrected chi connectivity index (χ2v) is 9.28. The predicted octanol–water partition coefficient (Wildman–Crippen LogP) is 3.23. The molecule has 1 aliphatic rings. The van der Waals surface area contributed by atoms with E-state index < -0.39 is 36.6 Å². The molecule has 3 rings (SSSR count). The van der Waals surface area contributed by atoms with Crippen molar-refractivity contribution in [1.29, 1.82) is 0 Å². The number of thiophene rings is 1. The van der Waals surface area contributed by atoms with E-state index in [4.69, 9.17) is 16.3 Å². The van der Waals surface area contributed by atoms with Gasteiger partial charge in [-0.3, -0.25) is 19.3 Å². The first-order valence-corrected chi connectivity index (χ1v) is 11.9. The molecule has 1 aromatic heterocycles. The van der Waals surface area contributed by atoms with E-state index in [9.17, 15) is 27.6 Å². The lowest BCUT2D eigenvalue weighted by Gasteiger charge is -2.30. The molecule has 13 heteroatoms. The van der Waals surface area contributed by atoms with Gasteiger partial charge in [0.15, 0.2) is 0 Å². The fourth-order valence-electron chi connectivity index (χ4n) is 3.56. The molecule has 0 radical (unpaired) electrons. The van der Waals surface area contributed by atoms with Crippen molar-refractivity contribution < 1.29 is 32.3 Å². The number of nitrogens with zero attached hydrogens (tertiary/aromatic N) is 2. The minimum Gasteiger partial charge on any atom is -0.370 e. The second-order valence-electron chi connectivity index (χ2n) is 7.56. The van der Waals surface area contributed by atoms with Crippen molar-refractivity contribution in [1.82, 2.24) is 10.2 Å². The number of amides is 3. The highest BCUT2D eigenvalue weighted by Crippen LogP contribution is 2.25. The van der Waals surface area contributed by atoms with Crippen LogP contribution in [-0.4, -0.2) is 74.5 Å². The van der Waals surface area contributed by atoms with Crippen LogP contribution in [0, 0.1) is 5.82 Å². The minimum atomic E-state index is -2.71. The summed E-state index contributed by atoms with van der Waals surface area (Å²) in [7, 11) is 0. The molecule has 0 bridgehead atoms. The average molecular weight is 533 g/mol. The van der Waals surface area contributed by atoms with Crippen LogP contribution in [0.2, 0.25) is 4.34 Å². The van der Waals surface area contributed by atoms with E-state index in [-0.39, 0.29) is 50.1 Å². The van der Waals surface area contributed by atoms with Gasteiger partial charge in [-0.25, -0.2) is 13.2 Å². The number of anilines is 2. The molecule has 2 aromatic rings. The number of hydrogen-bond donors (Lipinski definition) is 2. The number of carbonyl (C=O) groups is 3. The third kappa shape index (κ3) is 7.17.